The number of hydrogen-bond donors (Lipinski definition) is 2. The number of benzene rings is 1. The fourth-order valence-corrected chi connectivity index (χ4v) is 1.28. The molecule has 0 aliphatic heterocycles. The van der Waals surface area contributed by atoms with Crippen molar-refractivity contribution in [2.24, 2.45) is 5.16 Å². The molecule has 1 aromatic carbocycles. The zero-order valence-corrected chi connectivity index (χ0v) is 8.44. The lowest BCUT2D eigenvalue weighted by Gasteiger charge is -2.09. The molecule has 1 rings (SSSR count). The Labute approximate surface area is 83.7 Å². The van der Waals surface area contributed by atoms with Gasteiger partial charge in [-0.15, -0.1) is 0 Å². The molecule has 0 amide bonds. The van der Waals surface area contributed by atoms with E-state index >= 15 is 0 Å². The van der Waals surface area contributed by atoms with Crippen LogP contribution in [0.1, 0.15) is 37.3 Å². The van der Waals surface area contributed by atoms with Crippen molar-refractivity contribution in [2.45, 2.75) is 26.2 Å². The molecule has 0 heterocycles. The average molecular weight is 193 g/mol. The summed E-state index contributed by atoms with van der Waals surface area (Å²) in [6.07, 6.45) is 2.28. The molecule has 1 atom stereocenters. The average Bonchev–Trinajstić information content (AvgIpc) is 2.20. The van der Waals surface area contributed by atoms with Gasteiger partial charge in [-0.1, -0.05) is 25.1 Å². The third-order valence-electron chi connectivity index (χ3n) is 2.43. The minimum Gasteiger partial charge on any atom is -0.507 e. The Morgan fingerprint density at radius 3 is 2.79 bits per heavy atom. The highest BCUT2D eigenvalue weighted by Gasteiger charge is 2.05. The van der Waals surface area contributed by atoms with E-state index in [0.29, 0.717) is 11.5 Å². The predicted molar refractivity (Wildman–Crippen MR) is 56.2 cm³/mol. The van der Waals surface area contributed by atoms with E-state index in [9.17, 15) is 5.11 Å². The number of hydrogen-bond acceptors (Lipinski definition) is 3. The molecule has 0 bridgehead atoms. The van der Waals surface area contributed by atoms with Crippen molar-refractivity contribution in [3.05, 3.63) is 29.3 Å². The Hall–Kier alpha value is -1.51. The normalized spacial score (nSPS) is 13.3. The molecule has 0 spiro atoms. The van der Waals surface area contributed by atoms with Crippen molar-refractivity contribution >= 4 is 6.21 Å². The molecule has 0 saturated heterocycles. The van der Waals surface area contributed by atoms with E-state index < -0.39 is 0 Å². The first kappa shape index (κ1) is 10.6. The molecular formula is C11H15NO2. The lowest BCUT2D eigenvalue weighted by atomic mass is 9.97. The first-order valence-corrected chi connectivity index (χ1v) is 4.69. The Bertz CT molecular complexity index is 334. The standard InChI is InChI=1S/C11H15NO2/c1-3-8(2)9-4-5-11(13)10(6-9)7-12-14/h4-8,13-14H,3H2,1-2H3/b12-7-/t8-/m0/s1. The number of oxime groups is 1. The number of nitrogens with zero attached hydrogens (tertiary/aromatic N) is 1. The highest BCUT2D eigenvalue weighted by Crippen LogP contribution is 2.23. The maximum atomic E-state index is 9.42. The summed E-state index contributed by atoms with van der Waals surface area (Å²) in [6.45, 7) is 4.23. The molecule has 0 aliphatic carbocycles. The second-order valence-corrected chi connectivity index (χ2v) is 3.37. The van der Waals surface area contributed by atoms with Gasteiger partial charge in [0, 0.05) is 5.56 Å². The van der Waals surface area contributed by atoms with E-state index in [1.54, 1.807) is 6.07 Å². The highest BCUT2D eigenvalue weighted by atomic mass is 16.4. The van der Waals surface area contributed by atoms with E-state index in [-0.39, 0.29) is 5.75 Å². The Balaban J connectivity index is 3.06. The Morgan fingerprint density at radius 1 is 1.50 bits per heavy atom. The molecule has 0 aliphatic rings. The van der Waals surface area contributed by atoms with Gasteiger partial charge in [0.2, 0.25) is 0 Å². The predicted octanol–water partition coefficient (Wildman–Crippen LogP) is 2.71. The number of phenolic OH excluding ortho intramolecular Hbond substituents is 1. The van der Waals surface area contributed by atoms with Crippen LogP contribution in [0, 0.1) is 0 Å². The van der Waals surface area contributed by atoms with Gasteiger partial charge in [-0.05, 0) is 30.0 Å². The van der Waals surface area contributed by atoms with Crippen LogP contribution in [0.15, 0.2) is 23.4 Å². The minimum atomic E-state index is 0.134. The zero-order chi connectivity index (χ0) is 10.6. The summed E-state index contributed by atoms with van der Waals surface area (Å²) in [7, 11) is 0. The monoisotopic (exact) mass is 193 g/mol. The van der Waals surface area contributed by atoms with Gasteiger partial charge in [-0.3, -0.25) is 0 Å². The summed E-state index contributed by atoms with van der Waals surface area (Å²) in [5, 5.41) is 20.7. The van der Waals surface area contributed by atoms with Crippen LogP contribution in [0.4, 0.5) is 0 Å². The fraction of sp³-hybridized carbons (Fsp3) is 0.364. The van der Waals surface area contributed by atoms with E-state index in [0.717, 1.165) is 12.0 Å². The molecule has 3 nitrogen and oxygen atoms in total. The summed E-state index contributed by atoms with van der Waals surface area (Å²) in [5.74, 6) is 0.580. The molecular weight excluding hydrogens is 178 g/mol. The van der Waals surface area contributed by atoms with E-state index in [4.69, 9.17) is 5.21 Å². The van der Waals surface area contributed by atoms with Crippen molar-refractivity contribution in [1.82, 2.24) is 0 Å². The zero-order valence-electron chi connectivity index (χ0n) is 8.44. The van der Waals surface area contributed by atoms with Crippen molar-refractivity contribution in [2.75, 3.05) is 0 Å². The largest absolute Gasteiger partial charge is 0.507 e. The lowest BCUT2D eigenvalue weighted by Crippen LogP contribution is -1.93. The maximum Gasteiger partial charge on any atom is 0.124 e. The third-order valence-corrected chi connectivity index (χ3v) is 2.43. The summed E-state index contributed by atoms with van der Waals surface area (Å²) in [5.41, 5.74) is 1.69. The van der Waals surface area contributed by atoms with Gasteiger partial charge >= 0.3 is 0 Å². The van der Waals surface area contributed by atoms with Crippen molar-refractivity contribution < 1.29 is 10.3 Å². The molecule has 3 heteroatoms. The summed E-state index contributed by atoms with van der Waals surface area (Å²) in [4.78, 5) is 0. The van der Waals surface area contributed by atoms with Gasteiger partial charge in [0.25, 0.3) is 0 Å². The molecule has 0 radical (unpaired) electrons. The second-order valence-electron chi connectivity index (χ2n) is 3.37. The van der Waals surface area contributed by atoms with E-state index in [1.165, 1.54) is 6.21 Å². The maximum absolute atomic E-state index is 9.42. The van der Waals surface area contributed by atoms with Crippen LogP contribution in [-0.2, 0) is 0 Å². The molecule has 0 aromatic heterocycles. The summed E-state index contributed by atoms with van der Waals surface area (Å²) < 4.78 is 0. The third kappa shape index (κ3) is 2.25. The summed E-state index contributed by atoms with van der Waals surface area (Å²) >= 11 is 0. The molecule has 14 heavy (non-hydrogen) atoms. The Kier molecular flexibility index (Phi) is 3.51. The highest BCUT2D eigenvalue weighted by molar-refractivity contribution is 5.83. The molecule has 2 N–H and O–H groups in total. The summed E-state index contributed by atoms with van der Waals surface area (Å²) in [6, 6.07) is 5.35. The van der Waals surface area contributed by atoms with Crippen molar-refractivity contribution in [3.63, 3.8) is 0 Å². The smallest absolute Gasteiger partial charge is 0.124 e. The van der Waals surface area contributed by atoms with Gasteiger partial charge in [-0.2, -0.15) is 0 Å². The topological polar surface area (TPSA) is 52.8 Å². The minimum absolute atomic E-state index is 0.134. The molecule has 0 saturated carbocycles. The van der Waals surface area contributed by atoms with Crippen LogP contribution in [0.3, 0.4) is 0 Å². The van der Waals surface area contributed by atoms with Gasteiger partial charge in [0.05, 0.1) is 6.21 Å². The second kappa shape index (κ2) is 4.65. The number of phenols is 1. The van der Waals surface area contributed by atoms with Crippen LogP contribution < -0.4 is 0 Å². The van der Waals surface area contributed by atoms with Crippen LogP contribution in [0.25, 0.3) is 0 Å². The Morgan fingerprint density at radius 2 is 2.21 bits per heavy atom. The van der Waals surface area contributed by atoms with Crippen LogP contribution in [0.2, 0.25) is 0 Å². The van der Waals surface area contributed by atoms with Gasteiger partial charge < -0.3 is 10.3 Å². The molecule has 0 fully saturated rings. The lowest BCUT2D eigenvalue weighted by molar-refractivity contribution is 0.321. The fourth-order valence-electron chi connectivity index (χ4n) is 1.28. The van der Waals surface area contributed by atoms with Gasteiger partial charge in [-0.25, -0.2) is 0 Å². The molecule has 0 unspecified atom stereocenters. The number of rotatable bonds is 3. The van der Waals surface area contributed by atoms with Crippen LogP contribution >= 0.6 is 0 Å². The quantitative estimate of drug-likeness (QED) is 0.440. The van der Waals surface area contributed by atoms with E-state index in [2.05, 4.69) is 19.0 Å². The van der Waals surface area contributed by atoms with Crippen molar-refractivity contribution in [3.8, 4) is 5.75 Å². The first-order valence-electron chi connectivity index (χ1n) is 4.69. The van der Waals surface area contributed by atoms with Gasteiger partial charge in [0.1, 0.15) is 5.75 Å². The SMILES string of the molecule is CC[C@H](C)c1ccc(O)c(/C=N\O)c1. The molecule has 1 aromatic rings. The van der Waals surface area contributed by atoms with Gasteiger partial charge in [0.15, 0.2) is 0 Å². The van der Waals surface area contributed by atoms with Crippen LogP contribution in [0.5, 0.6) is 5.75 Å². The first-order chi connectivity index (χ1) is 6.69. The van der Waals surface area contributed by atoms with Crippen LogP contribution in [-0.4, -0.2) is 16.5 Å². The van der Waals surface area contributed by atoms with E-state index in [1.807, 2.05) is 12.1 Å². The van der Waals surface area contributed by atoms with Crippen molar-refractivity contribution in [1.29, 1.82) is 0 Å². The molecule has 76 valence electrons. The number of aromatic hydroxyl groups is 1.